The van der Waals surface area contributed by atoms with Crippen molar-refractivity contribution in [1.82, 2.24) is 10.2 Å². The van der Waals surface area contributed by atoms with Crippen LogP contribution in [0.3, 0.4) is 0 Å². The number of rotatable bonds is 6. The number of aliphatic hydroxyl groups is 1. The van der Waals surface area contributed by atoms with Gasteiger partial charge in [0, 0.05) is 18.2 Å². The number of hydrogen-bond donors (Lipinski definition) is 2. The minimum atomic E-state index is -0.651. The van der Waals surface area contributed by atoms with Crippen LogP contribution in [0.4, 0.5) is 0 Å². The van der Waals surface area contributed by atoms with Crippen LogP contribution in [-0.2, 0) is 6.42 Å². The van der Waals surface area contributed by atoms with Crippen LogP contribution >= 0.6 is 0 Å². The highest BCUT2D eigenvalue weighted by atomic mass is 16.3. The van der Waals surface area contributed by atoms with Gasteiger partial charge in [0.2, 0.25) is 0 Å². The van der Waals surface area contributed by atoms with Gasteiger partial charge in [-0.25, -0.2) is 0 Å². The van der Waals surface area contributed by atoms with E-state index in [1.807, 2.05) is 38.1 Å². The summed E-state index contributed by atoms with van der Waals surface area (Å²) < 4.78 is 0. The Hall–Kier alpha value is -1.39. The summed E-state index contributed by atoms with van der Waals surface area (Å²) in [4.78, 5) is 14.6. The van der Waals surface area contributed by atoms with E-state index in [4.69, 9.17) is 0 Å². The molecule has 1 amide bonds. The van der Waals surface area contributed by atoms with Gasteiger partial charge in [0.05, 0.1) is 5.60 Å². The maximum absolute atomic E-state index is 12.3. The van der Waals surface area contributed by atoms with E-state index in [9.17, 15) is 9.90 Å². The Balaban J connectivity index is 1.82. The third-order valence-corrected chi connectivity index (χ3v) is 4.66. The van der Waals surface area contributed by atoms with Crippen molar-refractivity contribution in [2.75, 3.05) is 20.1 Å². The number of nitrogens with one attached hydrogen (secondary N) is 1. The quantitative estimate of drug-likeness (QED) is 0.848. The number of likely N-dealkylation sites (N-methyl/N-ethyl adjacent to an activating group) is 1. The van der Waals surface area contributed by atoms with Gasteiger partial charge in [-0.05, 0) is 70.8 Å². The first-order valence-corrected chi connectivity index (χ1v) is 8.65. The molecule has 1 aliphatic rings. The van der Waals surface area contributed by atoms with Gasteiger partial charge in [-0.15, -0.1) is 0 Å². The number of aryl methyl sites for hydroxylation is 1. The van der Waals surface area contributed by atoms with Crippen molar-refractivity contribution in [2.24, 2.45) is 0 Å². The minimum absolute atomic E-state index is 0.00184. The van der Waals surface area contributed by atoms with Crippen molar-refractivity contribution < 1.29 is 9.90 Å². The second kappa shape index (κ2) is 7.93. The van der Waals surface area contributed by atoms with Crippen LogP contribution in [0.25, 0.3) is 0 Å². The fourth-order valence-electron chi connectivity index (χ4n) is 2.99. The zero-order chi connectivity index (χ0) is 16.9. The number of piperidine rings is 1. The second-order valence-electron chi connectivity index (χ2n) is 7.35. The zero-order valence-electron chi connectivity index (χ0n) is 14.6. The number of carbonyl (C=O) groups is 1. The number of hydrogen-bond acceptors (Lipinski definition) is 3. The molecule has 1 heterocycles. The third kappa shape index (κ3) is 5.96. The molecule has 2 N–H and O–H groups in total. The monoisotopic (exact) mass is 318 g/mol. The van der Waals surface area contributed by atoms with Crippen molar-refractivity contribution in [3.8, 4) is 0 Å². The molecule has 0 spiro atoms. The summed E-state index contributed by atoms with van der Waals surface area (Å²) in [5.74, 6) is -0.00184. The summed E-state index contributed by atoms with van der Waals surface area (Å²) in [5.41, 5.74) is 1.20. The van der Waals surface area contributed by atoms with Crippen molar-refractivity contribution in [3.63, 3.8) is 0 Å². The number of likely N-dealkylation sites (tertiary alicyclic amines) is 1. The highest BCUT2D eigenvalue weighted by Crippen LogP contribution is 2.15. The molecule has 0 unspecified atom stereocenters. The second-order valence-corrected chi connectivity index (χ2v) is 7.35. The molecule has 4 nitrogen and oxygen atoms in total. The molecule has 1 saturated heterocycles. The number of nitrogens with zero attached hydrogens (tertiary/aromatic N) is 1. The maximum Gasteiger partial charge on any atom is 0.251 e. The molecular formula is C19H30N2O2. The van der Waals surface area contributed by atoms with Gasteiger partial charge in [0.1, 0.15) is 0 Å². The van der Waals surface area contributed by atoms with Gasteiger partial charge in [0.15, 0.2) is 0 Å². The topological polar surface area (TPSA) is 52.6 Å². The summed E-state index contributed by atoms with van der Waals surface area (Å²) in [7, 11) is 2.13. The van der Waals surface area contributed by atoms with E-state index < -0.39 is 5.60 Å². The van der Waals surface area contributed by atoms with E-state index in [1.165, 1.54) is 12.8 Å². The molecule has 0 aromatic heterocycles. The van der Waals surface area contributed by atoms with Crippen LogP contribution in [0.2, 0.25) is 0 Å². The first-order chi connectivity index (χ1) is 10.8. The van der Waals surface area contributed by atoms with E-state index in [2.05, 4.69) is 17.3 Å². The molecule has 1 fully saturated rings. The molecule has 1 atom stereocenters. The maximum atomic E-state index is 12.3. The van der Waals surface area contributed by atoms with Crippen molar-refractivity contribution in [1.29, 1.82) is 0 Å². The summed E-state index contributed by atoms with van der Waals surface area (Å²) >= 11 is 0. The molecule has 1 aliphatic heterocycles. The van der Waals surface area contributed by atoms with Crippen LogP contribution < -0.4 is 5.32 Å². The van der Waals surface area contributed by atoms with Crippen LogP contribution in [0.5, 0.6) is 0 Å². The fraction of sp³-hybridized carbons (Fsp3) is 0.632. The standard InChI is InChI=1S/C19H30N2O2/c1-19(2,23)12-11-15-7-9-16(10-8-15)18(22)20-14-17-6-4-5-13-21(17)3/h7-10,17,23H,4-6,11-14H2,1-3H3,(H,20,22)/t17-/m0/s1. The summed E-state index contributed by atoms with van der Waals surface area (Å²) in [6, 6.07) is 8.17. The Kier molecular flexibility index (Phi) is 6.19. The van der Waals surface area contributed by atoms with Gasteiger partial charge >= 0.3 is 0 Å². The zero-order valence-corrected chi connectivity index (χ0v) is 14.6. The lowest BCUT2D eigenvalue weighted by Gasteiger charge is -2.32. The molecule has 4 heteroatoms. The Morgan fingerprint density at radius 1 is 1.30 bits per heavy atom. The van der Waals surface area contributed by atoms with Crippen LogP contribution in [-0.4, -0.2) is 47.7 Å². The van der Waals surface area contributed by atoms with Crippen molar-refractivity contribution in [2.45, 2.75) is 57.6 Å². The molecule has 0 saturated carbocycles. The first-order valence-electron chi connectivity index (χ1n) is 8.65. The summed E-state index contributed by atoms with van der Waals surface area (Å²) in [6.07, 6.45) is 5.20. The van der Waals surface area contributed by atoms with E-state index in [0.717, 1.165) is 31.5 Å². The molecule has 1 aromatic rings. The SMILES string of the molecule is CN1CCCC[C@H]1CNC(=O)c1ccc(CCC(C)(C)O)cc1. The molecule has 0 bridgehead atoms. The first kappa shape index (κ1) is 18.0. The van der Waals surface area contributed by atoms with Gasteiger partial charge in [-0.2, -0.15) is 0 Å². The van der Waals surface area contributed by atoms with Crippen LogP contribution in [0.1, 0.15) is 55.5 Å². The van der Waals surface area contributed by atoms with E-state index in [-0.39, 0.29) is 5.91 Å². The summed E-state index contributed by atoms with van der Waals surface area (Å²) in [5, 5.41) is 12.8. The number of carbonyl (C=O) groups excluding carboxylic acids is 1. The smallest absolute Gasteiger partial charge is 0.251 e. The fourth-order valence-corrected chi connectivity index (χ4v) is 2.99. The average molecular weight is 318 g/mol. The van der Waals surface area contributed by atoms with E-state index in [1.54, 1.807) is 0 Å². The lowest BCUT2D eigenvalue weighted by molar-refractivity contribution is 0.0713. The minimum Gasteiger partial charge on any atom is -0.390 e. The number of benzene rings is 1. The van der Waals surface area contributed by atoms with Crippen LogP contribution in [0.15, 0.2) is 24.3 Å². The van der Waals surface area contributed by atoms with Crippen molar-refractivity contribution >= 4 is 5.91 Å². The molecular weight excluding hydrogens is 288 g/mol. The molecule has 0 aliphatic carbocycles. The molecule has 1 aromatic carbocycles. The van der Waals surface area contributed by atoms with Gasteiger partial charge in [-0.3, -0.25) is 4.79 Å². The highest BCUT2D eigenvalue weighted by molar-refractivity contribution is 5.94. The Bertz CT molecular complexity index is 505. The average Bonchev–Trinajstić information content (AvgIpc) is 2.52. The molecule has 128 valence electrons. The number of amides is 1. The van der Waals surface area contributed by atoms with E-state index >= 15 is 0 Å². The highest BCUT2D eigenvalue weighted by Gasteiger charge is 2.19. The Morgan fingerprint density at radius 3 is 2.61 bits per heavy atom. The van der Waals surface area contributed by atoms with Gasteiger partial charge in [-0.1, -0.05) is 18.6 Å². The molecule has 2 rings (SSSR count). The predicted molar refractivity (Wildman–Crippen MR) is 93.7 cm³/mol. The summed E-state index contributed by atoms with van der Waals surface area (Å²) in [6.45, 7) is 5.47. The normalized spacial score (nSPS) is 19.6. The third-order valence-electron chi connectivity index (χ3n) is 4.66. The van der Waals surface area contributed by atoms with Crippen LogP contribution in [0, 0.1) is 0 Å². The lowest BCUT2D eigenvalue weighted by Crippen LogP contribution is -2.44. The lowest BCUT2D eigenvalue weighted by atomic mass is 9.98. The molecule has 23 heavy (non-hydrogen) atoms. The Labute approximate surface area is 139 Å². The van der Waals surface area contributed by atoms with Gasteiger partial charge in [0.25, 0.3) is 5.91 Å². The van der Waals surface area contributed by atoms with Crippen molar-refractivity contribution in [3.05, 3.63) is 35.4 Å². The Morgan fingerprint density at radius 2 is 2.00 bits per heavy atom. The predicted octanol–water partition coefficient (Wildman–Crippen LogP) is 2.60. The largest absolute Gasteiger partial charge is 0.390 e. The van der Waals surface area contributed by atoms with Gasteiger partial charge < -0.3 is 15.3 Å². The molecule has 0 radical (unpaired) electrons. The van der Waals surface area contributed by atoms with E-state index in [0.29, 0.717) is 18.0 Å².